The number of benzene rings is 1. The third-order valence-electron chi connectivity index (χ3n) is 3.80. The minimum atomic E-state index is -1.21. The van der Waals surface area contributed by atoms with E-state index in [1.54, 1.807) is 6.21 Å². The first-order valence-electron chi connectivity index (χ1n) is 7.78. The summed E-state index contributed by atoms with van der Waals surface area (Å²) in [6, 6.07) is 8.77. The smallest absolute Gasteiger partial charge is 0.353 e. The fourth-order valence-electron chi connectivity index (χ4n) is 2.63. The van der Waals surface area contributed by atoms with Crippen molar-refractivity contribution in [3.8, 4) is 0 Å². The van der Waals surface area contributed by atoms with Gasteiger partial charge < -0.3 is 5.11 Å². The average Bonchev–Trinajstić information content (AvgIpc) is 2.61. The molecule has 1 aromatic carbocycles. The molecule has 0 bridgehead atoms. The van der Waals surface area contributed by atoms with Crippen LogP contribution in [0.1, 0.15) is 12.5 Å². The van der Waals surface area contributed by atoms with Crippen molar-refractivity contribution in [2.75, 3.05) is 5.75 Å². The maximum atomic E-state index is 12.4. The first-order valence-corrected chi connectivity index (χ1v) is 8.83. The zero-order valence-corrected chi connectivity index (χ0v) is 14.6. The lowest BCUT2D eigenvalue weighted by atomic mass is 10.0. The third kappa shape index (κ3) is 3.52. The van der Waals surface area contributed by atoms with Crippen LogP contribution < -0.4 is 5.43 Å². The van der Waals surface area contributed by atoms with E-state index < -0.39 is 12.0 Å². The molecule has 2 atom stereocenters. The highest BCUT2D eigenvalue weighted by molar-refractivity contribution is 8.00. The number of hydrazone groups is 1. The van der Waals surface area contributed by atoms with Crippen LogP contribution in [0.2, 0.25) is 0 Å². The van der Waals surface area contributed by atoms with Crippen LogP contribution in [-0.2, 0) is 14.4 Å². The van der Waals surface area contributed by atoms with E-state index in [0.29, 0.717) is 11.3 Å². The van der Waals surface area contributed by atoms with Crippen LogP contribution in [0.3, 0.4) is 0 Å². The molecule has 3 rings (SSSR count). The standard InChI is InChI=1S/C17H16N4O4S/c1-10(22)20-19-8-12-9-26-16-13(15(23)21(16)14(12)17(24)25)18-7-11-5-3-2-4-6-11/h2-8,13,16H,9H2,1H3,(H,20,22)(H,24,25)/b18-7+,19-8+/t13?,16-/m1/s1. The van der Waals surface area contributed by atoms with Gasteiger partial charge in [-0.05, 0) is 5.56 Å². The normalized spacial score (nSPS) is 22.5. The predicted octanol–water partition coefficient (Wildman–Crippen LogP) is 0.850. The molecule has 1 fully saturated rings. The van der Waals surface area contributed by atoms with Crippen molar-refractivity contribution in [2.24, 2.45) is 10.1 Å². The van der Waals surface area contributed by atoms with Gasteiger partial charge in [0.1, 0.15) is 11.1 Å². The second-order valence-electron chi connectivity index (χ2n) is 5.65. The Morgan fingerprint density at radius 1 is 1.31 bits per heavy atom. The van der Waals surface area contributed by atoms with E-state index in [0.717, 1.165) is 5.56 Å². The number of carbonyl (C=O) groups excluding carboxylic acids is 2. The number of carboxylic acids is 1. The van der Waals surface area contributed by atoms with Crippen LogP contribution in [0, 0.1) is 0 Å². The SMILES string of the molecule is CC(=O)N/N=C/C1=C(C(=O)O)N2C(=O)C(/N=C/c3ccccc3)[C@H]2SC1. The molecule has 2 heterocycles. The number of nitrogens with zero attached hydrogens (tertiary/aromatic N) is 3. The Labute approximate surface area is 153 Å². The number of carbonyl (C=O) groups is 3. The zero-order valence-electron chi connectivity index (χ0n) is 13.8. The van der Waals surface area contributed by atoms with Crippen LogP contribution in [0.4, 0.5) is 0 Å². The molecule has 0 aliphatic carbocycles. The molecule has 2 N–H and O–H groups in total. The Morgan fingerprint density at radius 3 is 2.69 bits per heavy atom. The molecule has 0 aromatic heterocycles. The summed E-state index contributed by atoms with van der Waals surface area (Å²) in [6.07, 6.45) is 2.89. The third-order valence-corrected chi connectivity index (χ3v) is 5.09. The van der Waals surface area contributed by atoms with E-state index in [2.05, 4.69) is 15.5 Å². The fourth-order valence-corrected chi connectivity index (χ4v) is 3.92. The van der Waals surface area contributed by atoms with E-state index in [4.69, 9.17) is 0 Å². The molecule has 134 valence electrons. The van der Waals surface area contributed by atoms with Crippen LogP contribution >= 0.6 is 11.8 Å². The summed E-state index contributed by atoms with van der Waals surface area (Å²) >= 11 is 1.41. The molecule has 1 aromatic rings. The molecule has 9 heteroatoms. The van der Waals surface area contributed by atoms with Crippen LogP contribution in [0.25, 0.3) is 0 Å². The molecule has 0 saturated carbocycles. The summed E-state index contributed by atoms with van der Waals surface area (Å²) < 4.78 is 0. The van der Waals surface area contributed by atoms with Gasteiger partial charge >= 0.3 is 5.97 Å². The number of aliphatic imine (C=N–C) groups is 1. The van der Waals surface area contributed by atoms with E-state index in [1.807, 2.05) is 30.3 Å². The molecule has 1 unspecified atom stereocenters. The fraction of sp³-hybridized carbons (Fsp3) is 0.235. The number of fused-ring (bicyclic) bond motifs is 1. The summed E-state index contributed by atoms with van der Waals surface area (Å²) in [5, 5.41) is 12.9. The van der Waals surface area contributed by atoms with Gasteiger partial charge in [0.25, 0.3) is 5.91 Å². The number of carboxylic acid groups (broad SMARTS) is 1. The number of nitrogens with one attached hydrogen (secondary N) is 1. The van der Waals surface area contributed by atoms with Gasteiger partial charge in [-0.15, -0.1) is 11.8 Å². The summed E-state index contributed by atoms with van der Waals surface area (Å²) in [5.41, 5.74) is 3.35. The van der Waals surface area contributed by atoms with Crippen molar-refractivity contribution in [1.29, 1.82) is 0 Å². The molecule has 2 aliphatic heterocycles. The van der Waals surface area contributed by atoms with Crippen molar-refractivity contribution in [3.63, 3.8) is 0 Å². The van der Waals surface area contributed by atoms with Gasteiger partial charge in [-0.2, -0.15) is 5.10 Å². The van der Waals surface area contributed by atoms with Crippen molar-refractivity contribution in [2.45, 2.75) is 18.3 Å². The molecule has 0 spiro atoms. The highest BCUT2D eigenvalue weighted by Crippen LogP contribution is 2.41. The number of thioether (sulfide) groups is 1. The lowest BCUT2D eigenvalue weighted by Gasteiger charge is -2.47. The number of aliphatic carboxylic acids is 1. The number of amides is 2. The Hall–Kier alpha value is -2.94. The first-order chi connectivity index (χ1) is 12.5. The Morgan fingerprint density at radius 2 is 2.04 bits per heavy atom. The molecule has 26 heavy (non-hydrogen) atoms. The molecular formula is C17H16N4O4S. The topological polar surface area (TPSA) is 111 Å². The Kier molecular flexibility index (Phi) is 5.17. The predicted molar refractivity (Wildman–Crippen MR) is 97.9 cm³/mol. The van der Waals surface area contributed by atoms with Crippen molar-refractivity contribution in [1.82, 2.24) is 10.3 Å². The van der Waals surface area contributed by atoms with Gasteiger partial charge in [0, 0.05) is 24.5 Å². The molecule has 2 amide bonds. The lowest BCUT2D eigenvalue weighted by Crippen LogP contribution is -2.64. The highest BCUT2D eigenvalue weighted by Gasteiger charge is 2.53. The average molecular weight is 372 g/mol. The zero-order chi connectivity index (χ0) is 18.7. The quantitative estimate of drug-likeness (QED) is 0.452. The number of hydrogen-bond donors (Lipinski definition) is 2. The van der Waals surface area contributed by atoms with Crippen LogP contribution in [0.5, 0.6) is 0 Å². The van der Waals surface area contributed by atoms with Crippen molar-refractivity contribution < 1.29 is 19.5 Å². The molecule has 1 saturated heterocycles. The monoisotopic (exact) mass is 372 g/mol. The van der Waals surface area contributed by atoms with Crippen LogP contribution in [0.15, 0.2) is 51.7 Å². The minimum absolute atomic E-state index is 0.112. The number of β-lactam (4-membered cyclic amide) rings is 1. The maximum absolute atomic E-state index is 12.4. The van der Waals surface area contributed by atoms with Gasteiger partial charge in [-0.1, -0.05) is 30.3 Å². The van der Waals surface area contributed by atoms with E-state index >= 15 is 0 Å². The van der Waals surface area contributed by atoms with E-state index in [-0.39, 0.29) is 22.9 Å². The second-order valence-corrected chi connectivity index (χ2v) is 6.75. The lowest BCUT2D eigenvalue weighted by molar-refractivity contribution is -0.147. The summed E-state index contributed by atoms with van der Waals surface area (Å²) in [4.78, 5) is 40.5. The van der Waals surface area contributed by atoms with Gasteiger partial charge in [0.2, 0.25) is 5.91 Å². The largest absolute Gasteiger partial charge is 0.477 e. The first kappa shape index (κ1) is 17.9. The van der Waals surface area contributed by atoms with Gasteiger partial charge in [0.05, 0.1) is 6.21 Å². The van der Waals surface area contributed by atoms with Gasteiger partial charge in [-0.3, -0.25) is 19.5 Å². The van der Waals surface area contributed by atoms with Crippen molar-refractivity contribution in [3.05, 3.63) is 47.2 Å². The Bertz CT molecular complexity index is 834. The van der Waals surface area contributed by atoms with Crippen LogP contribution in [-0.4, -0.2) is 57.4 Å². The Balaban J connectivity index is 1.79. The summed E-state index contributed by atoms with van der Waals surface area (Å²) in [6.45, 7) is 1.30. The molecule has 2 aliphatic rings. The number of hydrogen-bond acceptors (Lipinski definition) is 6. The van der Waals surface area contributed by atoms with Gasteiger partial charge in [0.15, 0.2) is 6.04 Å². The second kappa shape index (κ2) is 7.52. The summed E-state index contributed by atoms with van der Waals surface area (Å²) in [5.74, 6) is -1.58. The molecule has 0 radical (unpaired) electrons. The summed E-state index contributed by atoms with van der Waals surface area (Å²) in [7, 11) is 0. The van der Waals surface area contributed by atoms with E-state index in [1.165, 1.54) is 29.8 Å². The van der Waals surface area contributed by atoms with E-state index in [9.17, 15) is 19.5 Å². The molecular weight excluding hydrogens is 356 g/mol. The number of rotatable bonds is 5. The molecule has 8 nitrogen and oxygen atoms in total. The van der Waals surface area contributed by atoms with Crippen molar-refractivity contribution >= 4 is 42.0 Å². The minimum Gasteiger partial charge on any atom is -0.477 e. The highest BCUT2D eigenvalue weighted by atomic mass is 32.2. The van der Waals surface area contributed by atoms with Gasteiger partial charge in [-0.25, -0.2) is 10.2 Å². The maximum Gasteiger partial charge on any atom is 0.353 e.